The number of ketones is 1. The maximum atomic E-state index is 12.6. The van der Waals surface area contributed by atoms with Gasteiger partial charge in [0.1, 0.15) is 11.3 Å². The van der Waals surface area contributed by atoms with Gasteiger partial charge in [-0.3, -0.25) is 14.3 Å². The number of rotatable bonds is 2. The number of hydrogen-bond donors (Lipinski definition) is 0. The highest BCUT2D eigenvalue weighted by molar-refractivity contribution is 6.05. The summed E-state index contributed by atoms with van der Waals surface area (Å²) in [5.41, 5.74) is 3.11. The van der Waals surface area contributed by atoms with E-state index in [1.807, 2.05) is 38.4 Å². The summed E-state index contributed by atoms with van der Waals surface area (Å²) < 4.78 is 7.72. The first-order valence-corrected chi connectivity index (χ1v) is 7.95. The molecule has 4 rings (SSSR count). The second kappa shape index (κ2) is 5.41. The number of carbonyl (C=O) groups is 1. The van der Waals surface area contributed by atoms with Crippen LogP contribution in [0.5, 0.6) is 0 Å². The van der Waals surface area contributed by atoms with Crippen LogP contribution in [-0.4, -0.2) is 15.6 Å². The molecule has 0 saturated heterocycles. The molecule has 124 valence electrons. The Balaban J connectivity index is 2.01. The lowest BCUT2D eigenvalue weighted by Gasteiger charge is -2.07. The van der Waals surface area contributed by atoms with Gasteiger partial charge in [0.25, 0.3) is 0 Å². The maximum Gasteiger partial charge on any atom is 0.193 e. The van der Waals surface area contributed by atoms with Gasteiger partial charge in [0, 0.05) is 30.3 Å². The van der Waals surface area contributed by atoms with Gasteiger partial charge in [-0.25, -0.2) is 0 Å². The van der Waals surface area contributed by atoms with Gasteiger partial charge in [-0.2, -0.15) is 5.10 Å². The summed E-state index contributed by atoms with van der Waals surface area (Å²) in [6, 6.07) is 10.7. The average molecular weight is 332 g/mol. The van der Waals surface area contributed by atoms with Crippen LogP contribution in [0.2, 0.25) is 0 Å². The van der Waals surface area contributed by atoms with Gasteiger partial charge in [0.05, 0.1) is 16.5 Å². The maximum absolute atomic E-state index is 12.6. The molecule has 5 nitrogen and oxygen atoms in total. The van der Waals surface area contributed by atoms with E-state index < -0.39 is 0 Å². The van der Waals surface area contributed by atoms with Gasteiger partial charge in [-0.1, -0.05) is 0 Å². The van der Waals surface area contributed by atoms with Crippen molar-refractivity contribution in [1.29, 1.82) is 0 Å². The van der Waals surface area contributed by atoms with E-state index in [9.17, 15) is 9.59 Å². The van der Waals surface area contributed by atoms with Crippen molar-refractivity contribution >= 4 is 27.7 Å². The van der Waals surface area contributed by atoms with Crippen LogP contribution in [0.25, 0.3) is 33.2 Å². The van der Waals surface area contributed by atoms with Gasteiger partial charge in [-0.15, -0.1) is 0 Å². The van der Waals surface area contributed by atoms with Crippen LogP contribution in [0.4, 0.5) is 0 Å². The Kier molecular flexibility index (Phi) is 3.32. The lowest BCUT2D eigenvalue weighted by atomic mass is 10.0. The summed E-state index contributed by atoms with van der Waals surface area (Å²) in [7, 11) is 1.86. The number of aryl methyl sites for hydroxylation is 2. The standard InChI is InChI=1S/C20H16N2O3/c1-11-6-15(12(2)23)20-16(7-11)18(24)9-19(25-20)13-4-5-17-14(8-13)10-22(3)21-17/h4-10H,1-3H3. The summed E-state index contributed by atoms with van der Waals surface area (Å²) in [6.07, 6.45) is 1.91. The summed E-state index contributed by atoms with van der Waals surface area (Å²) in [5, 5.41) is 5.73. The largest absolute Gasteiger partial charge is 0.455 e. The van der Waals surface area contributed by atoms with Crippen LogP contribution >= 0.6 is 0 Å². The highest BCUT2D eigenvalue weighted by Gasteiger charge is 2.14. The molecule has 2 aromatic carbocycles. The van der Waals surface area contributed by atoms with Crippen molar-refractivity contribution in [1.82, 2.24) is 9.78 Å². The Labute approximate surface area is 143 Å². The van der Waals surface area contributed by atoms with Crippen molar-refractivity contribution in [3.8, 4) is 11.3 Å². The third-order valence-corrected chi connectivity index (χ3v) is 4.26. The third-order valence-electron chi connectivity index (χ3n) is 4.26. The molecule has 0 saturated carbocycles. The van der Waals surface area contributed by atoms with E-state index in [0.717, 1.165) is 22.0 Å². The summed E-state index contributed by atoms with van der Waals surface area (Å²) in [6.45, 7) is 3.33. The van der Waals surface area contributed by atoms with Crippen molar-refractivity contribution in [2.45, 2.75) is 13.8 Å². The number of carbonyl (C=O) groups excluding carboxylic acids is 1. The molecule has 0 fully saturated rings. The van der Waals surface area contributed by atoms with E-state index in [4.69, 9.17) is 4.42 Å². The molecule has 0 unspecified atom stereocenters. The van der Waals surface area contributed by atoms with Crippen molar-refractivity contribution in [2.75, 3.05) is 0 Å². The van der Waals surface area contributed by atoms with E-state index in [2.05, 4.69) is 5.10 Å². The molecule has 0 aliphatic heterocycles. The molecule has 0 aliphatic rings. The summed E-state index contributed by atoms with van der Waals surface area (Å²) in [4.78, 5) is 24.6. The quantitative estimate of drug-likeness (QED) is 0.523. The molecule has 0 spiro atoms. The second-order valence-corrected chi connectivity index (χ2v) is 6.30. The molecule has 25 heavy (non-hydrogen) atoms. The molecule has 0 radical (unpaired) electrons. The highest BCUT2D eigenvalue weighted by atomic mass is 16.3. The number of benzene rings is 2. The number of hydrogen-bond acceptors (Lipinski definition) is 4. The van der Waals surface area contributed by atoms with Gasteiger partial charge in [-0.05, 0) is 49.7 Å². The van der Waals surface area contributed by atoms with Gasteiger partial charge in [0.2, 0.25) is 0 Å². The summed E-state index contributed by atoms with van der Waals surface area (Å²) in [5.74, 6) is 0.311. The fourth-order valence-electron chi connectivity index (χ4n) is 3.11. The Bertz CT molecular complexity index is 1220. The molecular weight excluding hydrogens is 316 g/mol. The minimum Gasteiger partial charge on any atom is -0.455 e. The molecule has 0 aliphatic carbocycles. The first-order chi connectivity index (χ1) is 11.9. The van der Waals surface area contributed by atoms with Crippen LogP contribution in [0.3, 0.4) is 0 Å². The molecule has 2 heterocycles. The van der Waals surface area contributed by atoms with Crippen LogP contribution < -0.4 is 5.43 Å². The topological polar surface area (TPSA) is 65.1 Å². The molecule has 5 heteroatoms. The predicted molar refractivity (Wildman–Crippen MR) is 96.9 cm³/mol. The fourth-order valence-corrected chi connectivity index (χ4v) is 3.11. The smallest absolute Gasteiger partial charge is 0.193 e. The van der Waals surface area contributed by atoms with Crippen molar-refractivity contribution in [3.05, 3.63) is 63.9 Å². The SMILES string of the molecule is CC(=O)c1cc(C)cc2c(=O)cc(-c3ccc4nn(C)cc4c3)oc12. The molecule has 0 atom stereocenters. The minimum absolute atomic E-state index is 0.128. The highest BCUT2D eigenvalue weighted by Crippen LogP contribution is 2.27. The molecule has 0 N–H and O–H groups in total. The summed E-state index contributed by atoms with van der Waals surface area (Å²) >= 11 is 0. The first-order valence-electron chi connectivity index (χ1n) is 7.95. The van der Waals surface area contributed by atoms with E-state index in [1.54, 1.807) is 16.8 Å². The van der Waals surface area contributed by atoms with Gasteiger partial charge < -0.3 is 4.42 Å². The zero-order chi connectivity index (χ0) is 17.7. The molecule has 0 amide bonds. The third kappa shape index (κ3) is 2.54. The van der Waals surface area contributed by atoms with Crippen molar-refractivity contribution in [3.63, 3.8) is 0 Å². The minimum atomic E-state index is -0.159. The number of fused-ring (bicyclic) bond motifs is 2. The normalized spacial score (nSPS) is 11.3. The van der Waals surface area contributed by atoms with Gasteiger partial charge >= 0.3 is 0 Å². The Morgan fingerprint density at radius 1 is 1.16 bits per heavy atom. The zero-order valence-electron chi connectivity index (χ0n) is 14.2. The zero-order valence-corrected chi connectivity index (χ0v) is 14.2. The fraction of sp³-hybridized carbons (Fsp3) is 0.150. The second-order valence-electron chi connectivity index (χ2n) is 6.30. The van der Waals surface area contributed by atoms with Crippen LogP contribution in [-0.2, 0) is 7.05 Å². The molecular formula is C20H16N2O3. The number of nitrogens with zero attached hydrogens (tertiary/aromatic N) is 2. The lowest BCUT2D eigenvalue weighted by molar-refractivity contribution is 0.101. The van der Waals surface area contributed by atoms with Crippen LogP contribution in [0.1, 0.15) is 22.8 Å². The lowest BCUT2D eigenvalue weighted by Crippen LogP contribution is -2.04. The average Bonchev–Trinajstić information content (AvgIpc) is 2.93. The van der Waals surface area contributed by atoms with E-state index in [-0.39, 0.29) is 11.2 Å². The van der Waals surface area contributed by atoms with E-state index in [1.165, 1.54) is 13.0 Å². The van der Waals surface area contributed by atoms with E-state index in [0.29, 0.717) is 22.3 Å². The van der Waals surface area contributed by atoms with Crippen molar-refractivity contribution < 1.29 is 9.21 Å². The Morgan fingerprint density at radius 2 is 1.96 bits per heavy atom. The van der Waals surface area contributed by atoms with Crippen LogP contribution in [0, 0.1) is 6.92 Å². The van der Waals surface area contributed by atoms with Gasteiger partial charge in [0.15, 0.2) is 11.2 Å². The number of aromatic nitrogens is 2. The number of Topliss-reactive ketones (excluding diaryl/α,β-unsaturated/α-hetero) is 1. The van der Waals surface area contributed by atoms with Crippen LogP contribution in [0.15, 0.2) is 51.8 Å². The molecule has 0 bridgehead atoms. The van der Waals surface area contributed by atoms with E-state index >= 15 is 0 Å². The monoisotopic (exact) mass is 332 g/mol. The first kappa shape index (κ1) is 15.3. The molecule has 4 aromatic rings. The predicted octanol–water partition coefficient (Wildman–Crippen LogP) is 3.86. The Hall–Kier alpha value is -3.21. The molecule has 2 aromatic heterocycles. The Morgan fingerprint density at radius 3 is 2.72 bits per heavy atom. The van der Waals surface area contributed by atoms with Crippen molar-refractivity contribution in [2.24, 2.45) is 7.05 Å².